The third-order valence-electron chi connectivity index (χ3n) is 0.816. The van der Waals surface area contributed by atoms with E-state index in [0.717, 1.165) is 12.2 Å². The average Bonchev–Trinajstić information content (AvgIpc) is 2.06. The second-order valence-electron chi connectivity index (χ2n) is 5.04. The molecule has 0 heterocycles. The molecule has 0 aliphatic heterocycles. The standard InChI is InChI=1S/2C5H12.C2H4O.C2H6/c1-5(2,3)4;1-4-5(2)3;1-2-3;1-2/h1-4H3;5H,4H2,1-3H3;2H,1H3;1-2H3. The third-order valence-corrected chi connectivity index (χ3v) is 0.816. The van der Waals surface area contributed by atoms with Crippen molar-refractivity contribution in [2.75, 3.05) is 0 Å². The Hall–Kier alpha value is -0.330. The lowest BCUT2D eigenvalue weighted by molar-refractivity contribution is -0.106. The van der Waals surface area contributed by atoms with Crippen molar-refractivity contribution in [1.29, 1.82) is 0 Å². The maximum Gasteiger partial charge on any atom is 0.116 e. The lowest BCUT2D eigenvalue weighted by Crippen LogP contribution is -1.93. The van der Waals surface area contributed by atoms with Gasteiger partial charge in [-0.05, 0) is 18.3 Å². The van der Waals surface area contributed by atoms with E-state index < -0.39 is 0 Å². The highest BCUT2D eigenvalue weighted by Gasteiger charge is 1.95. The van der Waals surface area contributed by atoms with Crippen LogP contribution in [-0.2, 0) is 4.79 Å². The molecule has 0 radical (unpaired) electrons. The monoisotopic (exact) mass is 218 g/mol. The van der Waals surface area contributed by atoms with Crippen molar-refractivity contribution < 1.29 is 4.79 Å². The molecule has 0 aromatic carbocycles. The van der Waals surface area contributed by atoms with Gasteiger partial charge in [0.25, 0.3) is 0 Å². The van der Waals surface area contributed by atoms with E-state index in [-0.39, 0.29) is 0 Å². The Kier molecular flexibility index (Phi) is 30.9. The first-order valence-corrected chi connectivity index (χ1v) is 6.08. The zero-order chi connectivity index (χ0) is 13.5. The fraction of sp³-hybridized carbons (Fsp3) is 0.929. The van der Waals surface area contributed by atoms with Gasteiger partial charge in [-0.2, -0.15) is 0 Å². The van der Waals surface area contributed by atoms with Crippen LogP contribution >= 0.6 is 0 Å². The highest BCUT2D eigenvalue weighted by atomic mass is 16.1. The van der Waals surface area contributed by atoms with Gasteiger partial charge in [0.15, 0.2) is 0 Å². The second kappa shape index (κ2) is 19.3. The summed E-state index contributed by atoms with van der Waals surface area (Å²) in [7, 11) is 0. The van der Waals surface area contributed by atoms with Crippen molar-refractivity contribution in [3.63, 3.8) is 0 Å². The minimum Gasteiger partial charge on any atom is -0.304 e. The molecule has 1 heteroatoms. The summed E-state index contributed by atoms with van der Waals surface area (Å²) in [6.45, 7) is 20.8. The summed E-state index contributed by atoms with van der Waals surface area (Å²) in [6.07, 6.45) is 2.06. The summed E-state index contributed by atoms with van der Waals surface area (Å²) in [4.78, 5) is 8.81. The molecule has 0 amide bonds. The first-order valence-electron chi connectivity index (χ1n) is 6.08. The molecule has 0 aliphatic carbocycles. The van der Waals surface area contributed by atoms with Crippen LogP contribution in [0.3, 0.4) is 0 Å². The second-order valence-corrected chi connectivity index (χ2v) is 5.04. The van der Waals surface area contributed by atoms with Gasteiger partial charge in [0, 0.05) is 0 Å². The summed E-state index contributed by atoms with van der Waals surface area (Å²) in [5, 5.41) is 0. The van der Waals surface area contributed by atoms with Crippen molar-refractivity contribution in [3.05, 3.63) is 0 Å². The topological polar surface area (TPSA) is 17.1 Å². The normalized spacial score (nSPS) is 8.47. The van der Waals surface area contributed by atoms with Gasteiger partial charge in [0.2, 0.25) is 0 Å². The zero-order valence-electron chi connectivity index (χ0n) is 12.8. The number of hydrogen-bond donors (Lipinski definition) is 0. The highest BCUT2D eigenvalue weighted by molar-refractivity contribution is 5.44. The molecule has 0 rings (SSSR count). The van der Waals surface area contributed by atoms with Crippen molar-refractivity contribution in [2.45, 2.75) is 75.7 Å². The number of aldehydes is 1. The van der Waals surface area contributed by atoms with Gasteiger partial charge in [0.1, 0.15) is 6.29 Å². The summed E-state index contributed by atoms with van der Waals surface area (Å²) in [5.41, 5.74) is 0.500. The van der Waals surface area contributed by atoms with E-state index in [9.17, 15) is 0 Å². The molecular formula is C14H34O. The average molecular weight is 218 g/mol. The van der Waals surface area contributed by atoms with Crippen LogP contribution in [0.5, 0.6) is 0 Å². The SMILES string of the molecule is CC.CC(C)(C)C.CC=O.CCC(C)C. The van der Waals surface area contributed by atoms with Crippen LogP contribution in [0, 0.1) is 11.3 Å². The number of hydrogen-bond acceptors (Lipinski definition) is 1. The molecule has 1 nitrogen and oxygen atoms in total. The van der Waals surface area contributed by atoms with Gasteiger partial charge >= 0.3 is 0 Å². The first-order chi connectivity index (χ1) is 6.68. The van der Waals surface area contributed by atoms with Crippen LogP contribution < -0.4 is 0 Å². The van der Waals surface area contributed by atoms with Crippen molar-refractivity contribution in [2.24, 2.45) is 11.3 Å². The molecule has 0 aliphatic rings. The van der Waals surface area contributed by atoms with Crippen molar-refractivity contribution >= 4 is 6.29 Å². The smallest absolute Gasteiger partial charge is 0.116 e. The van der Waals surface area contributed by atoms with Crippen molar-refractivity contribution in [3.8, 4) is 0 Å². The lowest BCUT2D eigenvalue weighted by Gasteiger charge is -2.05. The maximum atomic E-state index is 8.81. The van der Waals surface area contributed by atoms with E-state index in [1.54, 1.807) is 0 Å². The van der Waals surface area contributed by atoms with Crippen LogP contribution in [0.15, 0.2) is 0 Å². The van der Waals surface area contributed by atoms with Crippen LogP contribution in [-0.4, -0.2) is 6.29 Å². The highest BCUT2D eigenvalue weighted by Crippen LogP contribution is 2.08. The molecular weight excluding hydrogens is 184 g/mol. The Labute approximate surface area is 98.7 Å². The fourth-order valence-electron chi connectivity index (χ4n) is 0. The molecule has 0 saturated carbocycles. The quantitative estimate of drug-likeness (QED) is 0.543. The molecule has 0 unspecified atom stereocenters. The van der Waals surface area contributed by atoms with Crippen molar-refractivity contribution in [1.82, 2.24) is 0 Å². The molecule has 15 heavy (non-hydrogen) atoms. The van der Waals surface area contributed by atoms with Gasteiger partial charge in [-0.15, -0.1) is 0 Å². The Bertz CT molecular complexity index is 82.0. The summed E-state index contributed by atoms with van der Waals surface area (Å²) < 4.78 is 0. The van der Waals surface area contributed by atoms with E-state index in [4.69, 9.17) is 4.79 Å². The largest absolute Gasteiger partial charge is 0.304 e. The predicted octanol–water partition coefficient (Wildman–Crippen LogP) is 5.34. The van der Waals surface area contributed by atoms with Gasteiger partial charge in [-0.3, -0.25) is 0 Å². The fourth-order valence-corrected chi connectivity index (χ4v) is 0. The van der Waals surface area contributed by atoms with E-state index in [0.29, 0.717) is 5.41 Å². The Morgan fingerprint density at radius 3 is 1.13 bits per heavy atom. The molecule has 0 spiro atoms. The van der Waals surface area contributed by atoms with Crippen LogP contribution in [0.25, 0.3) is 0 Å². The van der Waals surface area contributed by atoms with E-state index >= 15 is 0 Å². The number of carbonyl (C=O) groups is 1. The number of carbonyl (C=O) groups excluding carboxylic acids is 1. The van der Waals surface area contributed by atoms with E-state index in [2.05, 4.69) is 48.5 Å². The first kappa shape index (κ1) is 24.1. The van der Waals surface area contributed by atoms with Gasteiger partial charge in [0.05, 0.1) is 0 Å². The Balaban J connectivity index is -0.0000000574. The molecule has 0 bridgehead atoms. The van der Waals surface area contributed by atoms with Gasteiger partial charge in [-0.25, -0.2) is 0 Å². The van der Waals surface area contributed by atoms with Crippen LogP contribution in [0.2, 0.25) is 0 Å². The molecule has 0 aromatic heterocycles. The minimum atomic E-state index is 0.500. The summed E-state index contributed by atoms with van der Waals surface area (Å²) in [6, 6.07) is 0. The molecule has 0 saturated heterocycles. The molecule has 0 atom stereocenters. The third kappa shape index (κ3) is 668. The molecule has 96 valence electrons. The number of rotatable bonds is 1. The predicted molar refractivity (Wildman–Crippen MR) is 73.3 cm³/mol. The van der Waals surface area contributed by atoms with Gasteiger partial charge in [-0.1, -0.05) is 68.7 Å². The van der Waals surface area contributed by atoms with E-state index in [1.165, 1.54) is 13.3 Å². The molecule has 0 N–H and O–H groups in total. The minimum absolute atomic E-state index is 0.500. The van der Waals surface area contributed by atoms with Crippen LogP contribution in [0.1, 0.15) is 75.7 Å². The molecule has 0 aromatic rings. The Morgan fingerprint density at radius 2 is 1.13 bits per heavy atom. The maximum absolute atomic E-state index is 8.81. The lowest BCUT2D eigenvalue weighted by atomic mass is 10.0. The van der Waals surface area contributed by atoms with Crippen LogP contribution in [0.4, 0.5) is 0 Å². The van der Waals surface area contributed by atoms with Gasteiger partial charge < -0.3 is 4.79 Å². The zero-order valence-corrected chi connectivity index (χ0v) is 12.8. The Morgan fingerprint density at radius 1 is 1.07 bits per heavy atom. The van der Waals surface area contributed by atoms with E-state index in [1.807, 2.05) is 13.8 Å². The summed E-state index contributed by atoms with van der Waals surface area (Å²) >= 11 is 0. The molecule has 0 fully saturated rings. The summed E-state index contributed by atoms with van der Waals surface area (Å²) in [5.74, 6) is 0.884.